The van der Waals surface area contributed by atoms with E-state index in [9.17, 15) is 14.4 Å². The van der Waals surface area contributed by atoms with Gasteiger partial charge in [0.15, 0.2) is 11.5 Å². The number of fused-ring (bicyclic) bond motifs is 1. The molecule has 0 radical (unpaired) electrons. The Balaban J connectivity index is 1.82. The second-order valence-electron chi connectivity index (χ2n) is 5.70. The number of para-hydroxylation sites is 2. The third kappa shape index (κ3) is 3.72. The standard InChI is InChI=1S/C18H18N2O6S/c1-3-24-18(23)14-9(2)13(15(19)21)17(27-14)20-16(22)12-8-25-10-6-4-5-7-11(10)26-12/h4-7,12H,3,8H2,1-2H3,(H2,19,21)(H,20,22)/t12-/m0/s1. The molecule has 27 heavy (non-hydrogen) atoms. The van der Waals surface area contributed by atoms with Crippen molar-refractivity contribution in [3.63, 3.8) is 0 Å². The van der Waals surface area contributed by atoms with Crippen molar-refractivity contribution in [1.29, 1.82) is 0 Å². The van der Waals surface area contributed by atoms with Crippen molar-refractivity contribution in [2.24, 2.45) is 5.73 Å². The predicted octanol–water partition coefficient (Wildman–Crippen LogP) is 2.11. The molecule has 1 aromatic carbocycles. The third-order valence-electron chi connectivity index (χ3n) is 3.89. The number of carbonyl (C=O) groups is 3. The molecule has 2 aromatic rings. The Labute approximate surface area is 159 Å². The fraction of sp³-hybridized carbons (Fsp3) is 0.278. The Hall–Kier alpha value is -3.07. The molecule has 142 valence electrons. The molecule has 1 atom stereocenters. The zero-order valence-electron chi connectivity index (χ0n) is 14.7. The number of benzene rings is 1. The van der Waals surface area contributed by atoms with Crippen molar-refractivity contribution >= 4 is 34.1 Å². The van der Waals surface area contributed by atoms with Gasteiger partial charge in [-0.25, -0.2) is 4.79 Å². The highest BCUT2D eigenvalue weighted by Gasteiger charge is 2.30. The summed E-state index contributed by atoms with van der Waals surface area (Å²) in [7, 11) is 0. The molecular weight excluding hydrogens is 372 g/mol. The number of hydrogen-bond acceptors (Lipinski definition) is 7. The summed E-state index contributed by atoms with van der Waals surface area (Å²) in [6.45, 7) is 3.46. The first-order valence-corrected chi connectivity index (χ1v) is 9.03. The van der Waals surface area contributed by atoms with Gasteiger partial charge in [-0.05, 0) is 31.5 Å². The SMILES string of the molecule is CCOC(=O)c1sc(NC(=O)[C@@H]2COc3ccccc3O2)c(C(N)=O)c1C. The molecule has 1 aromatic heterocycles. The van der Waals surface area contributed by atoms with Gasteiger partial charge in [-0.15, -0.1) is 11.3 Å². The Kier molecular flexibility index (Phi) is 5.31. The summed E-state index contributed by atoms with van der Waals surface area (Å²) in [6, 6.07) is 7.00. The smallest absolute Gasteiger partial charge is 0.348 e. The van der Waals surface area contributed by atoms with Gasteiger partial charge in [-0.3, -0.25) is 9.59 Å². The molecule has 9 heteroatoms. The molecule has 0 aliphatic carbocycles. The number of hydrogen-bond donors (Lipinski definition) is 2. The average Bonchev–Trinajstić information content (AvgIpc) is 2.97. The van der Waals surface area contributed by atoms with Crippen LogP contribution in [0, 0.1) is 6.92 Å². The minimum absolute atomic E-state index is 0.0177. The number of carbonyl (C=O) groups excluding carboxylic acids is 3. The lowest BCUT2D eigenvalue weighted by molar-refractivity contribution is -0.125. The van der Waals surface area contributed by atoms with Crippen molar-refractivity contribution in [1.82, 2.24) is 0 Å². The van der Waals surface area contributed by atoms with Crippen molar-refractivity contribution in [2.75, 3.05) is 18.5 Å². The molecular formula is C18H18N2O6S. The summed E-state index contributed by atoms with van der Waals surface area (Å²) in [6.07, 6.45) is -0.908. The van der Waals surface area contributed by atoms with Gasteiger partial charge in [0.05, 0.1) is 12.2 Å². The number of ether oxygens (including phenoxy) is 3. The molecule has 3 rings (SSSR count). The first-order valence-electron chi connectivity index (χ1n) is 8.22. The normalized spacial score (nSPS) is 15.1. The molecule has 1 aliphatic heterocycles. The van der Waals surface area contributed by atoms with Crippen LogP contribution < -0.4 is 20.5 Å². The van der Waals surface area contributed by atoms with E-state index in [4.69, 9.17) is 19.9 Å². The number of esters is 1. The lowest BCUT2D eigenvalue weighted by atomic mass is 10.1. The summed E-state index contributed by atoms with van der Waals surface area (Å²) in [5, 5.41) is 2.79. The predicted molar refractivity (Wildman–Crippen MR) is 98.5 cm³/mol. The van der Waals surface area contributed by atoms with Crippen LogP contribution in [-0.2, 0) is 9.53 Å². The van der Waals surface area contributed by atoms with Crippen LogP contribution in [0.3, 0.4) is 0 Å². The zero-order valence-corrected chi connectivity index (χ0v) is 15.6. The lowest BCUT2D eigenvalue weighted by Gasteiger charge is -2.25. The maximum absolute atomic E-state index is 12.6. The highest BCUT2D eigenvalue weighted by molar-refractivity contribution is 7.18. The maximum Gasteiger partial charge on any atom is 0.348 e. The average molecular weight is 390 g/mol. The second kappa shape index (κ2) is 7.67. The molecule has 2 heterocycles. The summed E-state index contributed by atoms with van der Waals surface area (Å²) >= 11 is 0.937. The molecule has 0 saturated heterocycles. The minimum atomic E-state index is -0.908. The van der Waals surface area contributed by atoms with Crippen LogP contribution in [0.2, 0.25) is 0 Å². The summed E-state index contributed by atoms with van der Waals surface area (Å²) in [4.78, 5) is 36.7. The van der Waals surface area contributed by atoms with E-state index in [2.05, 4.69) is 5.32 Å². The van der Waals surface area contributed by atoms with Crippen LogP contribution in [0.4, 0.5) is 5.00 Å². The van der Waals surface area contributed by atoms with Crippen molar-refractivity contribution < 1.29 is 28.6 Å². The number of nitrogens with two attached hydrogens (primary N) is 1. The van der Waals surface area contributed by atoms with Gasteiger partial charge in [0.2, 0.25) is 6.10 Å². The van der Waals surface area contributed by atoms with Gasteiger partial charge in [-0.2, -0.15) is 0 Å². The molecule has 3 N–H and O–H groups in total. The zero-order chi connectivity index (χ0) is 19.6. The number of nitrogens with one attached hydrogen (secondary N) is 1. The fourth-order valence-electron chi connectivity index (χ4n) is 2.63. The van der Waals surface area contributed by atoms with Crippen LogP contribution in [0.25, 0.3) is 0 Å². The summed E-state index contributed by atoms with van der Waals surface area (Å²) in [5.74, 6) is -0.830. The highest BCUT2D eigenvalue weighted by Crippen LogP contribution is 2.35. The number of amides is 2. The van der Waals surface area contributed by atoms with E-state index in [-0.39, 0.29) is 28.7 Å². The van der Waals surface area contributed by atoms with Crippen LogP contribution in [0.15, 0.2) is 24.3 Å². The van der Waals surface area contributed by atoms with Crippen LogP contribution >= 0.6 is 11.3 Å². The largest absolute Gasteiger partial charge is 0.485 e. The molecule has 0 fully saturated rings. The Morgan fingerprint density at radius 2 is 2.00 bits per heavy atom. The Bertz CT molecular complexity index is 907. The second-order valence-corrected chi connectivity index (χ2v) is 6.72. The van der Waals surface area contributed by atoms with Gasteiger partial charge < -0.3 is 25.3 Å². The van der Waals surface area contributed by atoms with E-state index in [0.29, 0.717) is 17.1 Å². The Morgan fingerprint density at radius 1 is 1.30 bits per heavy atom. The van der Waals surface area contributed by atoms with Crippen LogP contribution in [-0.4, -0.2) is 37.1 Å². The van der Waals surface area contributed by atoms with E-state index in [1.54, 1.807) is 38.1 Å². The molecule has 0 spiro atoms. The van der Waals surface area contributed by atoms with E-state index in [0.717, 1.165) is 11.3 Å². The number of thiophene rings is 1. The lowest BCUT2D eigenvalue weighted by Crippen LogP contribution is -2.40. The molecule has 2 amide bonds. The monoisotopic (exact) mass is 390 g/mol. The maximum atomic E-state index is 12.6. The third-order valence-corrected chi connectivity index (χ3v) is 5.08. The first-order chi connectivity index (χ1) is 12.9. The molecule has 8 nitrogen and oxygen atoms in total. The highest BCUT2D eigenvalue weighted by atomic mass is 32.1. The molecule has 0 saturated carbocycles. The van der Waals surface area contributed by atoms with Crippen molar-refractivity contribution in [3.8, 4) is 11.5 Å². The van der Waals surface area contributed by atoms with Crippen molar-refractivity contribution in [3.05, 3.63) is 40.3 Å². The molecule has 1 aliphatic rings. The number of rotatable bonds is 5. The topological polar surface area (TPSA) is 117 Å². The minimum Gasteiger partial charge on any atom is -0.485 e. The van der Waals surface area contributed by atoms with Crippen LogP contribution in [0.1, 0.15) is 32.5 Å². The molecule has 0 bridgehead atoms. The number of primary amides is 1. The Morgan fingerprint density at radius 3 is 2.67 bits per heavy atom. The van der Waals surface area contributed by atoms with Gasteiger partial charge in [0.1, 0.15) is 16.5 Å². The summed E-state index contributed by atoms with van der Waals surface area (Å²) < 4.78 is 16.2. The van der Waals surface area contributed by atoms with Crippen LogP contribution in [0.5, 0.6) is 11.5 Å². The van der Waals surface area contributed by atoms with E-state index >= 15 is 0 Å². The van der Waals surface area contributed by atoms with E-state index in [1.807, 2.05) is 0 Å². The first kappa shape index (κ1) is 18.7. The fourth-order valence-corrected chi connectivity index (χ4v) is 3.74. The van der Waals surface area contributed by atoms with E-state index in [1.165, 1.54) is 0 Å². The number of anilines is 1. The van der Waals surface area contributed by atoms with E-state index < -0.39 is 23.9 Å². The van der Waals surface area contributed by atoms with Gasteiger partial charge in [-0.1, -0.05) is 12.1 Å². The van der Waals surface area contributed by atoms with Gasteiger partial charge >= 0.3 is 5.97 Å². The van der Waals surface area contributed by atoms with Gasteiger partial charge in [0.25, 0.3) is 11.8 Å². The van der Waals surface area contributed by atoms with Gasteiger partial charge in [0, 0.05) is 0 Å². The van der Waals surface area contributed by atoms with Crippen molar-refractivity contribution in [2.45, 2.75) is 20.0 Å². The summed E-state index contributed by atoms with van der Waals surface area (Å²) in [5.41, 5.74) is 5.87. The molecule has 0 unspecified atom stereocenters. The quantitative estimate of drug-likeness (QED) is 0.755.